The third-order valence-corrected chi connectivity index (χ3v) is 4.72. The molecule has 2 aliphatic heterocycles. The average Bonchev–Trinajstić information content (AvgIpc) is 2.84. The third kappa shape index (κ3) is 2.17. The van der Waals surface area contributed by atoms with E-state index < -0.39 is 0 Å². The number of fused-ring (bicyclic) bond motifs is 1. The summed E-state index contributed by atoms with van der Waals surface area (Å²) < 4.78 is 12.9. The van der Waals surface area contributed by atoms with E-state index in [1.807, 2.05) is 12.1 Å². The van der Waals surface area contributed by atoms with Crippen molar-refractivity contribution in [2.75, 3.05) is 26.7 Å². The Hall–Kier alpha value is -0.930. The average molecular weight is 248 g/mol. The van der Waals surface area contributed by atoms with E-state index in [0.717, 1.165) is 18.4 Å². The molecule has 0 N–H and O–H groups in total. The molecule has 2 aliphatic rings. The Balaban J connectivity index is 1.62. The highest BCUT2D eigenvalue weighted by Gasteiger charge is 2.43. The molecule has 1 aromatic carbocycles. The predicted octanol–water partition coefficient (Wildman–Crippen LogP) is 2.21. The maximum absolute atomic E-state index is 12.9. The Labute approximate surface area is 108 Å². The van der Waals surface area contributed by atoms with Gasteiger partial charge in [-0.15, -0.1) is 0 Å². The molecular formula is C15H21FN2. The molecule has 3 heteroatoms. The molecular weight excluding hydrogens is 227 g/mol. The highest BCUT2D eigenvalue weighted by molar-refractivity contribution is 5.16. The van der Waals surface area contributed by atoms with Crippen molar-refractivity contribution in [2.24, 2.45) is 11.8 Å². The third-order valence-electron chi connectivity index (χ3n) is 4.72. The molecule has 2 fully saturated rings. The van der Waals surface area contributed by atoms with Crippen LogP contribution >= 0.6 is 0 Å². The lowest BCUT2D eigenvalue weighted by Crippen LogP contribution is -2.31. The minimum Gasteiger partial charge on any atom is -0.303 e. The maximum Gasteiger partial charge on any atom is 0.123 e. The van der Waals surface area contributed by atoms with E-state index in [-0.39, 0.29) is 5.82 Å². The van der Waals surface area contributed by atoms with E-state index in [0.29, 0.717) is 6.04 Å². The molecule has 0 aliphatic carbocycles. The maximum atomic E-state index is 12.9. The first-order chi connectivity index (χ1) is 8.63. The fraction of sp³-hybridized carbons (Fsp3) is 0.600. The predicted molar refractivity (Wildman–Crippen MR) is 70.7 cm³/mol. The number of halogens is 1. The second kappa shape index (κ2) is 4.63. The molecule has 0 spiro atoms. The zero-order valence-electron chi connectivity index (χ0n) is 11.1. The van der Waals surface area contributed by atoms with Gasteiger partial charge in [0.05, 0.1) is 0 Å². The Morgan fingerprint density at radius 2 is 1.89 bits per heavy atom. The standard InChI is InChI=1S/C15H21FN2/c1-11-15-10-18(9-13(15)8-17(11)2)7-12-3-5-14(16)6-4-12/h3-6,11,13,15H,7-10H2,1-2H3/t11-,13-,15-/m0/s1. The van der Waals surface area contributed by atoms with Crippen LogP contribution in [-0.4, -0.2) is 42.5 Å². The van der Waals surface area contributed by atoms with E-state index in [1.54, 1.807) is 12.1 Å². The van der Waals surface area contributed by atoms with Gasteiger partial charge in [0.15, 0.2) is 0 Å². The van der Waals surface area contributed by atoms with Gasteiger partial charge in [-0.05, 0) is 43.5 Å². The summed E-state index contributed by atoms with van der Waals surface area (Å²) in [6.45, 7) is 6.91. The fourth-order valence-electron chi connectivity index (χ4n) is 3.57. The van der Waals surface area contributed by atoms with Crippen LogP contribution in [-0.2, 0) is 6.54 Å². The minimum absolute atomic E-state index is 0.146. The molecule has 2 saturated heterocycles. The lowest BCUT2D eigenvalue weighted by molar-refractivity contribution is 0.233. The smallest absolute Gasteiger partial charge is 0.123 e. The molecule has 2 nitrogen and oxygen atoms in total. The number of likely N-dealkylation sites (tertiary alicyclic amines) is 2. The van der Waals surface area contributed by atoms with Gasteiger partial charge in [-0.1, -0.05) is 12.1 Å². The minimum atomic E-state index is -0.146. The molecule has 0 aromatic heterocycles. The highest BCUT2D eigenvalue weighted by atomic mass is 19.1. The summed E-state index contributed by atoms with van der Waals surface area (Å²) >= 11 is 0. The Kier molecular flexibility index (Phi) is 3.12. The molecule has 0 radical (unpaired) electrons. The van der Waals surface area contributed by atoms with Crippen LogP contribution in [0, 0.1) is 17.7 Å². The van der Waals surface area contributed by atoms with Crippen molar-refractivity contribution in [1.29, 1.82) is 0 Å². The summed E-state index contributed by atoms with van der Waals surface area (Å²) in [5, 5.41) is 0. The summed E-state index contributed by atoms with van der Waals surface area (Å²) in [6, 6.07) is 7.62. The van der Waals surface area contributed by atoms with Crippen LogP contribution in [0.3, 0.4) is 0 Å². The van der Waals surface area contributed by atoms with Crippen molar-refractivity contribution in [3.63, 3.8) is 0 Å². The lowest BCUT2D eigenvalue weighted by atomic mass is 9.95. The van der Waals surface area contributed by atoms with Gasteiger partial charge >= 0.3 is 0 Å². The van der Waals surface area contributed by atoms with E-state index >= 15 is 0 Å². The Morgan fingerprint density at radius 1 is 1.17 bits per heavy atom. The van der Waals surface area contributed by atoms with Crippen molar-refractivity contribution in [1.82, 2.24) is 9.80 Å². The quantitative estimate of drug-likeness (QED) is 0.792. The number of hydrogen-bond donors (Lipinski definition) is 0. The molecule has 0 unspecified atom stereocenters. The van der Waals surface area contributed by atoms with Gasteiger partial charge in [-0.2, -0.15) is 0 Å². The summed E-state index contributed by atoms with van der Waals surface area (Å²) in [6.07, 6.45) is 0. The molecule has 0 bridgehead atoms. The molecule has 1 aromatic rings. The second-order valence-electron chi connectivity index (χ2n) is 5.92. The lowest BCUT2D eigenvalue weighted by Gasteiger charge is -2.23. The van der Waals surface area contributed by atoms with Crippen molar-refractivity contribution in [3.8, 4) is 0 Å². The number of hydrogen-bond acceptors (Lipinski definition) is 2. The molecule has 3 atom stereocenters. The first-order valence-electron chi connectivity index (χ1n) is 6.80. The van der Waals surface area contributed by atoms with Crippen molar-refractivity contribution in [3.05, 3.63) is 35.6 Å². The van der Waals surface area contributed by atoms with Gasteiger partial charge in [0.25, 0.3) is 0 Å². The molecule has 2 heterocycles. The van der Waals surface area contributed by atoms with Gasteiger partial charge in [0.2, 0.25) is 0 Å². The van der Waals surface area contributed by atoms with Crippen LogP contribution in [0.15, 0.2) is 24.3 Å². The summed E-state index contributed by atoms with van der Waals surface area (Å²) in [4.78, 5) is 5.00. The normalized spacial score (nSPS) is 32.9. The van der Waals surface area contributed by atoms with Crippen molar-refractivity contribution in [2.45, 2.75) is 19.5 Å². The van der Waals surface area contributed by atoms with Gasteiger partial charge in [-0.25, -0.2) is 4.39 Å². The molecule has 18 heavy (non-hydrogen) atoms. The van der Waals surface area contributed by atoms with Gasteiger partial charge in [0, 0.05) is 32.2 Å². The van der Waals surface area contributed by atoms with E-state index in [1.165, 1.54) is 25.2 Å². The number of benzene rings is 1. The fourth-order valence-corrected chi connectivity index (χ4v) is 3.57. The van der Waals surface area contributed by atoms with Crippen LogP contribution in [0.4, 0.5) is 4.39 Å². The van der Waals surface area contributed by atoms with Crippen LogP contribution < -0.4 is 0 Å². The second-order valence-corrected chi connectivity index (χ2v) is 5.92. The summed E-state index contributed by atoms with van der Waals surface area (Å²) in [5.41, 5.74) is 1.22. The van der Waals surface area contributed by atoms with E-state index in [9.17, 15) is 4.39 Å². The topological polar surface area (TPSA) is 6.48 Å². The molecule has 0 saturated carbocycles. The van der Waals surface area contributed by atoms with E-state index in [4.69, 9.17) is 0 Å². The number of rotatable bonds is 2. The largest absolute Gasteiger partial charge is 0.303 e. The van der Waals surface area contributed by atoms with Crippen LogP contribution in [0.1, 0.15) is 12.5 Å². The number of nitrogens with zero attached hydrogens (tertiary/aromatic N) is 2. The van der Waals surface area contributed by atoms with Gasteiger partial charge in [-0.3, -0.25) is 4.90 Å². The molecule has 3 rings (SSSR count). The van der Waals surface area contributed by atoms with Crippen LogP contribution in [0.5, 0.6) is 0 Å². The molecule has 0 amide bonds. The monoisotopic (exact) mass is 248 g/mol. The first-order valence-corrected chi connectivity index (χ1v) is 6.80. The zero-order chi connectivity index (χ0) is 12.7. The van der Waals surface area contributed by atoms with Crippen molar-refractivity contribution < 1.29 is 4.39 Å². The summed E-state index contributed by atoms with van der Waals surface area (Å²) in [7, 11) is 2.23. The summed E-state index contributed by atoms with van der Waals surface area (Å²) in [5.74, 6) is 1.49. The van der Waals surface area contributed by atoms with Crippen LogP contribution in [0.2, 0.25) is 0 Å². The van der Waals surface area contributed by atoms with Gasteiger partial charge in [0.1, 0.15) is 5.82 Å². The molecule has 98 valence electrons. The van der Waals surface area contributed by atoms with E-state index in [2.05, 4.69) is 23.8 Å². The van der Waals surface area contributed by atoms with Gasteiger partial charge < -0.3 is 4.90 Å². The zero-order valence-corrected chi connectivity index (χ0v) is 11.1. The SMILES string of the molecule is C[C@H]1[C@@H]2CN(Cc3ccc(F)cc3)C[C@@H]2CN1C. The Bertz CT molecular complexity index is 417. The van der Waals surface area contributed by atoms with Crippen LogP contribution in [0.25, 0.3) is 0 Å². The highest BCUT2D eigenvalue weighted by Crippen LogP contribution is 2.35. The first kappa shape index (κ1) is 12.1. The Morgan fingerprint density at radius 3 is 2.56 bits per heavy atom. The van der Waals surface area contributed by atoms with Crippen molar-refractivity contribution >= 4 is 0 Å².